The highest BCUT2D eigenvalue weighted by atomic mass is 32.2. The van der Waals surface area contributed by atoms with E-state index in [0.29, 0.717) is 23.8 Å². The maximum atomic E-state index is 11.9. The Kier molecular flexibility index (Phi) is 5.20. The molecule has 0 radical (unpaired) electrons. The third-order valence-electron chi connectivity index (χ3n) is 3.05. The van der Waals surface area contributed by atoms with Gasteiger partial charge < -0.3 is 11.1 Å². The summed E-state index contributed by atoms with van der Waals surface area (Å²) in [6.07, 6.45) is 0. The Morgan fingerprint density at radius 3 is 2.42 bits per heavy atom. The van der Waals surface area contributed by atoms with Crippen LogP contribution in [0.1, 0.15) is 27.7 Å². The van der Waals surface area contributed by atoms with Gasteiger partial charge in [-0.2, -0.15) is 0 Å². The predicted octanol–water partition coefficient (Wildman–Crippen LogP) is 2.02. The summed E-state index contributed by atoms with van der Waals surface area (Å²) in [6.45, 7) is 8.32. The van der Waals surface area contributed by atoms with Crippen LogP contribution in [0, 0.1) is 5.92 Å². The number of sulfonamides is 1. The second-order valence-electron chi connectivity index (χ2n) is 4.93. The molecule has 0 aromatic heterocycles. The molecule has 108 valence electrons. The number of hydrogen-bond donors (Lipinski definition) is 3. The molecular formula is C13H23N3O2S. The summed E-state index contributed by atoms with van der Waals surface area (Å²) in [6, 6.07) is 4.91. The summed E-state index contributed by atoms with van der Waals surface area (Å²) < 4.78 is 26.3. The zero-order chi connectivity index (χ0) is 14.6. The van der Waals surface area contributed by atoms with E-state index >= 15 is 0 Å². The van der Waals surface area contributed by atoms with E-state index in [2.05, 4.69) is 23.9 Å². The molecule has 1 unspecified atom stereocenters. The summed E-state index contributed by atoms with van der Waals surface area (Å²) >= 11 is 0. The first-order valence-corrected chi connectivity index (χ1v) is 7.92. The molecule has 0 aliphatic rings. The highest BCUT2D eigenvalue weighted by molar-refractivity contribution is 7.89. The van der Waals surface area contributed by atoms with Gasteiger partial charge in [0.2, 0.25) is 10.0 Å². The minimum absolute atomic E-state index is 0.208. The van der Waals surface area contributed by atoms with Crippen molar-refractivity contribution in [2.24, 2.45) is 5.92 Å². The van der Waals surface area contributed by atoms with E-state index in [1.165, 1.54) is 6.07 Å². The summed E-state index contributed by atoms with van der Waals surface area (Å²) in [5.41, 5.74) is 7.07. The first-order chi connectivity index (χ1) is 8.77. The number of nitrogens with two attached hydrogens (primary N) is 1. The lowest BCUT2D eigenvalue weighted by atomic mass is 10.1. The van der Waals surface area contributed by atoms with Crippen LogP contribution in [0.25, 0.3) is 0 Å². The molecule has 1 atom stereocenters. The number of anilines is 2. The second-order valence-corrected chi connectivity index (χ2v) is 6.69. The summed E-state index contributed by atoms with van der Waals surface area (Å²) in [7, 11) is -3.45. The third kappa shape index (κ3) is 4.11. The number of nitrogens with one attached hydrogen (secondary N) is 2. The van der Waals surface area contributed by atoms with E-state index in [1.807, 2.05) is 6.92 Å². The molecule has 1 aromatic rings. The maximum Gasteiger partial charge on any atom is 0.240 e. The minimum atomic E-state index is -3.45. The molecule has 0 fully saturated rings. The molecule has 0 spiro atoms. The molecule has 0 aliphatic carbocycles. The van der Waals surface area contributed by atoms with Gasteiger partial charge in [-0.3, -0.25) is 0 Å². The van der Waals surface area contributed by atoms with E-state index in [9.17, 15) is 8.42 Å². The van der Waals surface area contributed by atoms with Crippen LogP contribution < -0.4 is 15.8 Å². The molecule has 0 saturated carbocycles. The summed E-state index contributed by atoms with van der Waals surface area (Å²) in [4.78, 5) is 0.224. The van der Waals surface area contributed by atoms with Crippen molar-refractivity contribution in [3.63, 3.8) is 0 Å². The number of rotatable bonds is 6. The van der Waals surface area contributed by atoms with Gasteiger partial charge in [-0.25, -0.2) is 13.1 Å². The van der Waals surface area contributed by atoms with Gasteiger partial charge in [0.25, 0.3) is 0 Å². The van der Waals surface area contributed by atoms with Crippen molar-refractivity contribution in [2.75, 3.05) is 17.6 Å². The Labute approximate surface area is 115 Å². The molecule has 4 N–H and O–H groups in total. The van der Waals surface area contributed by atoms with Gasteiger partial charge in [0.1, 0.15) is 0 Å². The quantitative estimate of drug-likeness (QED) is 0.698. The Hall–Kier alpha value is -1.27. The van der Waals surface area contributed by atoms with E-state index in [-0.39, 0.29) is 10.9 Å². The zero-order valence-corrected chi connectivity index (χ0v) is 12.7. The van der Waals surface area contributed by atoms with Crippen LogP contribution >= 0.6 is 0 Å². The topological polar surface area (TPSA) is 84.2 Å². The van der Waals surface area contributed by atoms with Crippen molar-refractivity contribution in [3.05, 3.63) is 18.2 Å². The van der Waals surface area contributed by atoms with Crippen LogP contribution in [0.4, 0.5) is 11.4 Å². The van der Waals surface area contributed by atoms with Crippen molar-refractivity contribution in [3.8, 4) is 0 Å². The highest BCUT2D eigenvalue weighted by Crippen LogP contribution is 2.24. The molecule has 19 heavy (non-hydrogen) atoms. The molecule has 0 heterocycles. The van der Waals surface area contributed by atoms with Crippen molar-refractivity contribution in [1.29, 1.82) is 0 Å². The average molecular weight is 285 g/mol. The third-order valence-corrected chi connectivity index (χ3v) is 4.60. The SMILES string of the molecule is CCNS(=O)(=O)c1ccc(N)c(NC(C)C(C)C)c1. The molecule has 0 saturated heterocycles. The Bertz CT molecular complexity index is 527. The molecule has 0 amide bonds. The van der Waals surface area contributed by atoms with Crippen molar-refractivity contribution in [1.82, 2.24) is 4.72 Å². The fraction of sp³-hybridized carbons (Fsp3) is 0.538. The lowest BCUT2D eigenvalue weighted by molar-refractivity contribution is 0.560. The van der Waals surface area contributed by atoms with Crippen LogP contribution in [0.3, 0.4) is 0 Å². The molecule has 0 bridgehead atoms. The maximum absolute atomic E-state index is 11.9. The van der Waals surface area contributed by atoms with Gasteiger partial charge in [-0.1, -0.05) is 20.8 Å². The van der Waals surface area contributed by atoms with Crippen molar-refractivity contribution in [2.45, 2.75) is 38.6 Å². The zero-order valence-electron chi connectivity index (χ0n) is 11.9. The van der Waals surface area contributed by atoms with Crippen LogP contribution in [0.2, 0.25) is 0 Å². The van der Waals surface area contributed by atoms with E-state index in [0.717, 1.165) is 0 Å². The largest absolute Gasteiger partial charge is 0.397 e. The van der Waals surface area contributed by atoms with Gasteiger partial charge in [-0.05, 0) is 31.0 Å². The van der Waals surface area contributed by atoms with Crippen molar-refractivity contribution >= 4 is 21.4 Å². The first kappa shape index (κ1) is 15.8. The second kappa shape index (κ2) is 6.25. The van der Waals surface area contributed by atoms with Crippen LogP contribution in [-0.4, -0.2) is 21.0 Å². The Morgan fingerprint density at radius 2 is 1.89 bits per heavy atom. The molecular weight excluding hydrogens is 262 g/mol. The summed E-state index contributed by atoms with van der Waals surface area (Å²) in [5.74, 6) is 0.424. The van der Waals surface area contributed by atoms with Gasteiger partial charge in [0.15, 0.2) is 0 Å². The Balaban J connectivity index is 3.07. The lowest BCUT2D eigenvalue weighted by Crippen LogP contribution is -2.24. The van der Waals surface area contributed by atoms with E-state index in [4.69, 9.17) is 5.73 Å². The predicted molar refractivity (Wildman–Crippen MR) is 79.6 cm³/mol. The van der Waals surface area contributed by atoms with Crippen molar-refractivity contribution < 1.29 is 8.42 Å². The van der Waals surface area contributed by atoms with E-state index in [1.54, 1.807) is 19.1 Å². The van der Waals surface area contributed by atoms with E-state index < -0.39 is 10.0 Å². The molecule has 6 heteroatoms. The van der Waals surface area contributed by atoms with Gasteiger partial charge >= 0.3 is 0 Å². The summed E-state index contributed by atoms with van der Waals surface area (Å²) in [5, 5.41) is 3.25. The highest BCUT2D eigenvalue weighted by Gasteiger charge is 2.15. The van der Waals surface area contributed by atoms with Crippen LogP contribution in [0.15, 0.2) is 23.1 Å². The smallest absolute Gasteiger partial charge is 0.240 e. The first-order valence-electron chi connectivity index (χ1n) is 6.43. The van der Waals surface area contributed by atoms with Crippen LogP contribution in [0.5, 0.6) is 0 Å². The minimum Gasteiger partial charge on any atom is -0.397 e. The molecule has 5 nitrogen and oxygen atoms in total. The van der Waals surface area contributed by atoms with Gasteiger partial charge in [0.05, 0.1) is 16.3 Å². The van der Waals surface area contributed by atoms with Gasteiger partial charge in [-0.15, -0.1) is 0 Å². The standard InChI is InChI=1S/C13H23N3O2S/c1-5-15-19(17,18)11-6-7-12(14)13(8-11)16-10(4)9(2)3/h6-10,15-16H,5,14H2,1-4H3. The average Bonchev–Trinajstić information content (AvgIpc) is 2.31. The number of nitrogen functional groups attached to an aromatic ring is 1. The number of hydrogen-bond acceptors (Lipinski definition) is 4. The molecule has 1 aromatic carbocycles. The van der Waals surface area contributed by atoms with Gasteiger partial charge in [0, 0.05) is 12.6 Å². The van der Waals surface area contributed by atoms with Crippen LogP contribution in [-0.2, 0) is 10.0 Å². The molecule has 1 rings (SSSR count). The fourth-order valence-corrected chi connectivity index (χ4v) is 2.58. The fourth-order valence-electron chi connectivity index (χ4n) is 1.51. The monoisotopic (exact) mass is 285 g/mol. The normalized spacial score (nSPS) is 13.5. The Morgan fingerprint density at radius 1 is 1.26 bits per heavy atom. The lowest BCUT2D eigenvalue weighted by Gasteiger charge is -2.20. The number of benzene rings is 1. The molecule has 0 aliphatic heterocycles.